The van der Waals surface area contributed by atoms with E-state index in [2.05, 4.69) is 13.2 Å². The molecule has 0 aromatic heterocycles. The fourth-order valence-electron chi connectivity index (χ4n) is 3.61. The topological polar surface area (TPSA) is 36.9 Å². The molecule has 148 valence electrons. The summed E-state index contributed by atoms with van der Waals surface area (Å²) in [6, 6.07) is 20.1. The third-order valence-electron chi connectivity index (χ3n) is 4.48. The fourth-order valence-corrected chi connectivity index (χ4v) is 23.2. The van der Waals surface area contributed by atoms with E-state index in [1.54, 1.807) is 0 Å². The lowest BCUT2D eigenvalue weighted by Crippen LogP contribution is -2.73. The number of hydrogen-bond donors (Lipinski definition) is 0. The average molecular weight is 445 g/mol. The maximum Gasteiger partial charge on any atom is 0.381 e. The summed E-state index contributed by atoms with van der Waals surface area (Å²) in [4.78, 5) is 0. The van der Waals surface area contributed by atoms with Gasteiger partial charge in [0.1, 0.15) is 0 Å². The maximum absolute atomic E-state index is 7.00. The molecule has 1 aliphatic rings. The van der Waals surface area contributed by atoms with Gasteiger partial charge in [-0.15, -0.1) is 13.2 Å². The van der Waals surface area contributed by atoms with Crippen LogP contribution >= 0.6 is 0 Å². The summed E-state index contributed by atoms with van der Waals surface area (Å²) >= 11 is 0. The van der Waals surface area contributed by atoms with Crippen LogP contribution < -0.4 is 10.4 Å². The Morgan fingerprint density at radius 2 is 0.929 bits per heavy atom. The molecule has 3 rings (SSSR count). The van der Waals surface area contributed by atoms with Crippen molar-refractivity contribution in [3.05, 3.63) is 85.2 Å². The standard InChI is InChI=1S/C20H28O4Si4/c1-7-27(19-15-11-9-12-16-19)22-25(3,4)21-26(5,6)23-28(8-2,24-27)20-17-13-10-14-18-20/h7-18H,1-2H2,3-6H3. The van der Waals surface area contributed by atoms with Crippen LogP contribution in [0.15, 0.2) is 85.2 Å². The number of rotatable bonds is 4. The predicted molar refractivity (Wildman–Crippen MR) is 123 cm³/mol. The van der Waals surface area contributed by atoms with Gasteiger partial charge in [0.05, 0.1) is 0 Å². The van der Waals surface area contributed by atoms with Gasteiger partial charge >= 0.3 is 34.2 Å². The molecule has 1 heterocycles. The second-order valence-corrected chi connectivity index (χ2v) is 21.2. The van der Waals surface area contributed by atoms with Gasteiger partial charge in [-0.3, -0.25) is 0 Å². The first-order valence-corrected chi connectivity index (χ1v) is 18.8. The Bertz CT molecular complexity index is 774. The molecule has 0 bridgehead atoms. The number of hydrogen-bond acceptors (Lipinski definition) is 4. The molecule has 2 aromatic rings. The van der Waals surface area contributed by atoms with Crippen LogP contribution in [0.4, 0.5) is 0 Å². The Kier molecular flexibility index (Phi) is 5.95. The lowest BCUT2D eigenvalue weighted by atomic mass is 10.4. The van der Waals surface area contributed by atoms with Crippen molar-refractivity contribution in [1.29, 1.82) is 0 Å². The van der Waals surface area contributed by atoms with Gasteiger partial charge in [-0.05, 0) is 48.0 Å². The van der Waals surface area contributed by atoms with E-state index in [4.69, 9.17) is 16.5 Å². The normalized spacial score (nSPS) is 29.3. The molecule has 0 radical (unpaired) electrons. The van der Waals surface area contributed by atoms with E-state index >= 15 is 0 Å². The Morgan fingerprint density at radius 3 is 1.25 bits per heavy atom. The van der Waals surface area contributed by atoms with E-state index in [0.29, 0.717) is 0 Å². The van der Waals surface area contributed by atoms with Gasteiger partial charge in [-0.1, -0.05) is 60.7 Å². The van der Waals surface area contributed by atoms with Crippen molar-refractivity contribution >= 4 is 44.6 Å². The van der Waals surface area contributed by atoms with Crippen LogP contribution in [0, 0.1) is 0 Å². The minimum atomic E-state index is -3.06. The van der Waals surface area contributed by atoms with Crippen LogP contribution in [0.3, 0.4) is 0 Å². The van der Waals surface area contributed by atoms with Gasteiger partial charge in [-0.25, -0.2) is 0 Å². The summed E-state index contributed by atoms with van der Waals surface area (Å²) in [5, 5.41) is 1.99. The quantitative estimate of drug-likeness (QED) is 0.675. The smallest absolute Gasteiger partial charge is 0.381 e. The van der Waals surface area contributed by atoms with E-state index in [9.17, 15) is 0 Å². The van der Waals surface area contributed by atoms with Crippen molar-refractivity contribution in [2.75, 3.05) is 0 Å². The van der Waals surface area contributed by atoms with E-state index in [0.717, 1.165) is 10.4 Å². The highest BCUT2D eigenvalue weighted by Gasteiger charge is 2.57. The molecule has 0 aliphatic carbocycles. The highest BCUT2D eigenvalue weighted by molar-refractivity contribution is 7.04. The van der Waals surface area contributed by atoms with Crippen molar-refractivity contribution in [1.82, 2.24) is 0 Å². The molecule has 2 aromatic carbocycles. The van der Waals surface area contributed by atoms with E-state index in [1.165, 1.54) is 0 Å². The molecule has 0 N–H and O–H groups in total. The molecule has 2 atom stereocenters. The van der Waals surface area contributed by atoms with Crippen LogP contribution in [0.2, 0.25) is 26.2 Å². The largest absolute Gasteiger partial charge is 0.416 e. The molecule has 28 heavy (non-hydrogen) atoms. The summed E-state index contributed by atoms with van der Waals surface area (Å²) in [7, 11) is -11.2. The number of benzene rings is 2. The van der Waals surface area contributed by atoms with E-state index in [1.807, 2.05) is 98.3 Å². The van der Waals surface area contributed by atoms with Crippen molar-refractivity contribution in [3.63, 3.8) is 0 Å². The maximum atomic E-state index is 7.00. The van der Waals surface area contributed by atoms with E-state index in [-0.39, 0.29) is 0 Å². The summed E-state index contributed by atoms with van der Waals surface area (Å²) in [6.07, 6.45) is 0. The monoisotopic (exact) mass is 444 g/mol. The van der Waals surface area contributed by atoms with Crippen molar-refractivity contribution in [2.45, 2.75) is 26.2 Å². The molecular weight excluding hydrogens is 417 g/mol. The molecule has 0 amide bonds. The SMILES string of the molecule is C=C[Si]1(c2ccccc2)O[Si](C)(C)O[Si](C)(C)O[Si](C=C)(c2ccccc2)O1. The minimum Gasteiger partial charge on any atom is -0.416 e. The van der Waals surface area contributed by atoms with Gasteiger partial charge in [0.2, 0.25) is 0 Å². The second-order valence-electron chi connectivity index (χ2n) is 7.68. The summed E-state index contributed by atoms with van der Waals surface area (Å²) in [5.74, 6) is 0. The Morgan fingerprint density at radius 1 is 0.571 bits per heavy atom. The van der Waals surface area contributed by atoms with E-state index < -0.39 is 34.2 Å². The third kappa shape index (κ3) is 4.29. The Balaban J connectivity index is 2.23. The lowest BCUT2D eigenvalue weighted by Gasteiger charge is -2.48. The molecule has 1 fully saturated rings. The highest BCUT2D eigenvalue weighted by Crippen LogP contribution is 2.31. The molecule has 1 aliphatic heterocycles. The highest BCUT2D eigenvalue weighted by atomic mass is 28.5. The molecule has 0 saturated carbocycles. The molecule has 0 spiro atoms. The molecule has 8 heteroatoms. The Labute approximate surface area is 172 Å². The zero-order valence-electron chi connectivity index (χ0n) is 17.0. The summed E-state index contributed by atoms with van der Waals surface area (Å²) in [5.41, 5.74) is 3.69. The van der Waals surface area contributed by atoms with Crippen LogP contribution in [0.25, 0.3) is 0 Å². The van der Waals surface area contributed by atoms with Crippen molar-refractivity contribution in [2.24, 2.45) is 0 Å². The zero-order chi connectivity index (χ0) is 20.5. The lowest BCUT2D eigenvalue weighted by molar-refractivity contribution is 0.251. The van der Waals surface area contributed by atoms with Gasteiger partial charge in [0, 0.05) is 0 Å². The molecule has 1 saturated heterocycles. The Hall–Kier alpha value is -1.37. The fraction of sp³-hybridized carbons (Fsp3) is 0.200. The zero-order valence-corrected chi connectivity index (χ0v) is 21.0. The molecule has 4 nitrogen and oxygen atoms in total. The van der Waals surface area contributed by atoms with Crippen LogP contribution in [0.5, 0.6) is 0 Å². The van der Waals surface area contributed by atoms with Crippen molar-refractivity contribution in [3.8, 4) is 0 Å². The van der Waals surface area contributed by atoms with Crippen LogP contribution in [0.1, 0.15) is 0 Å². The van der Waals surface area contributed by atoms with Gasteiger partial charge in [0.15, 0.2) is 0 Å². The minimum absolute atomic E-state index is 0.994. The summed E-state index contributed by atoms with van der Waals surface area (Å²) in [6.45, 7) is 16.4. The molecule has 2 unspecified atom stereocenters. The van der Waals surface area contributed by atoms with Crippen LogP contribution in [-0.4, -0.2) is 34.2 Å². The predicted octanol–water partition coefficient (Wildman–Crippen LogP) is 3.62. The van der Waals surface area contributed by atoms with Gasteiger partial charge < -0.3 is 16.5 Å². The first-order chi connectivity index (χ1) is 13.2. The average Bonchev–Trinajstić information content (AvgIpc) is 2.66. The summed E-state index contributed by atoms with van der Waals surface area (Å²) < 4.78 is 27.1. The third-order valence-corrected chi connectivity index (χ3v) is 20.5. The van der Waals surface area contributed by atoms with Gasteiger partial charge in [-0.2, -0.15) is 0 Å². The first-order valence-electron chi connectivity index (χ1n) is 9.35. The van der Waals surface area contributed by atoms with Crippen LogP contribution in [-0.2, 0) is 16.5 Å². The van der Waals surface area contributed by atoms with Crippen molar-refractivity contribution < 1.29 is 16.5 Å². The molecular formula is C20H28O4Si4. The second kappa shape index (κ2) is 7.80. The first kappa shape index (κ1) is 21.3. The van der Waals surface area contributed by atoms with Gasteiger partial charge in [0.25, 0.3) is 0 Å².